The summed E-state index contributed by atoms with van der Waals surface area (Å²) in [5, 5.41) is 8.26. The minimum absolute atomic E-state index is 0.537. The molecule has 0 saturated carbocycles. The average Bonchev–Trinajstić information content (AvgIpc) is 2.40. The second-order valence-corrected chi connectivity index (χ2v) is 4.56. The number of aromatic nitrogens is 1. The highest BCUT2D eigenvalue weighted by atomic mass is 15.0. The summed E-state index contributed by atoms with van der Waals surface area (Å²) in [6.45, 7) is 2.20. The van der Waals surface area contributed by atoms with E-state index in [1.165, 1.54) is 23.9 Å². The monoisotopic (exact) mass is 227 g/mol. The van der Waals surface area contributed by atoms with E-state index in [0.29, 0.717) is 6.04 Å². The van der Waals surface area contributed by atoms with E-state index >= 15 is 0 Å². The number of para-hydroxylation sites is 1. The van der Waals surface area contributed by atoms with Crippen LogP contribution in [0.5, 0.6) is 0 Å². The summed E-state index contributed by atoms with van der Waals surface area (Å²) in [4.78, 5) is 4.38. The van der Waals surface area contributed by atoms with Crippen LogP contribution < -0.4 is 10.6 Å². The van der Waals surface area contributed by atoms with E-state index in [1.807, 2.05) is 12.3 Å². The molecule has 3 heteroatoms. The van der Waals surface area contributed by atoms with Gasteiger partial charge < -0.3 is 10.6 Å². The van der Waals surface area contributed by atoms with Gasteiger partial charge in [-0.25, -0.2) is 0 Å². The highest BCUT2D eigenvalue weighted by molar-refractivity contribution is 5.90. The number of nitrogens with one attached hydrogen (secondary N) is 2. The van der Waals surface area contributed by atoms with E-state index < -0.39 is 0 Å². The smallest absolute Gasteiger partial charge is 0.0722 e. The molecular formula is C14H17N3. The maximum Gasteiger partial charge on any atom is 0.0722 e. The Morgan fingerprint density at radius 3 is 3.06 bits per heavy atom. The van der Waals surface area contributed by atoms with Crippen molar-refractivity contribution in [3.05, 3.63) is 36.5 Å². The first kappa shape index (κ1) is 10.5. The molecular weight excluding hydrogens is 210 g/mol. The standard InChI is InChI=1S/C14H17N3/c1-2-6-13-12(5-1)14(7-9-16-13)17-11-4-3-8-15-10-11/h1-2,5-7,9,11,15H,3-4,8,10H2,(H,16,17). The lowest BCUT2D eigenvalue weighted by Gasteiger charge is -2.25. The molecule has 1 unspecified atom stereocenters. The lowest BCUT2D eigenvalue weighted by atomic mass is 10.1. The van der Waals surface area contributed by atoms with Crippen LogP contribution in [0.25, 0.3) is 10.9 Å². The average molecular weight is 227 g/mol. The Labute approximate surface area is 101 Å². The van der Waals surface area contributed by atoms with E-state index in [-0.39, 0.29) is 0 Å². The van der Waals surface area contributed by atoms with E-state index in [1.54, 1.807) is 0 Å². The van der Waals surface area contributed by atoms with Gasteiger partial charge in [0.25, 0.3) is 0 Å². The van der Waals surface area contributed by atoms with Crippen LogP contribution in [0.15, 0.2) is 36.5 Å². The Bertz CT molecular complexity index is 498. The normalized spacial score (nSPS) is 20.4. The Balaban J connectivity index is 1.89. The lowest BCUT2D eigenvalue weighted by molar-refractivity contribution is 0.480. The molecule has 0 amide bonds. The van der Waals surface area contributed by atoms with E-state index in [4.69, 9.17) is 0 Å². The minimum atomic E-state index is 0.537. The molecule has 0 aliphatic carbocycles. The summed E-state index contributed by atoms with van der Waals surface area (Å²) >= 11 is 0. The molecule has 0 spiro atoms. The van der Waals surface area contributed by atoms with E-state index in [0.717, 1.165) is 18.6 Å². The van der Waals surface area contributed by atoms with E-state index in [9.17, 15) is 0 Å². The fourth-order valence-electron chi connectivity index (χ4n) is 2.42. The number of benzene rings is 1. The lowest BCUT2D eigenvalue weighted by Crippen LogP contribution is -2.38. The third-order valence-electron chi connectivity index (χ3n) is 3.31. The maximum absolute atomic E-state index is 4.38. The topological polar surface area (TPSA) is 37.0 Å². The molecule has 3 nitrogen and oxygen atoms in total. The molecule has 2 N–H and O–H groups in total. The van der Waals surface area contributed by atoms with Gasteiger partial charge in [0.05, 0.1) is 5.52 Å². The third-order valence-corrected chi connectivity index (χ3v) is 3.31. The van der Waals surface area contributed by atoms with Crippen LogP contribution in [0.1, 0.15) is 12.8 Å². The molecule has 88 valence electrons. The molecule has 1 aromatic heterocycles. The molecule has 1 aliphatic heterocycles. The van der Waals surface area contributed by atoms with Crippen LogP contribution in [0, 0.1) is 0 Å². The number of anilines is 1. The number of fused-ring (bicyclic) bond motifs is 1. The van der Waals surface area contributed by atoms with Gasteiger partial charge >= 0.3 is 0 Å². The predicted octanol–water partition coefficient (Wildman–Crippen LogP) is 2.40. The van der Waals surface area contributed by atoms with Gasteiger partial charge in [-0.2, -0.15) is 0 Å². The van der Waals surface area contributed by atoms with Gasteiger partial charge in [0.2, 0.25) is 0 Å². The van der Waals surface area contributed by atoms with Crippen LogP contribution in [0.3, 0.4) is 0 Å². The second kappa shape index (κ2) is 4.72. The molecule has 1 aliphatic rings. The van der Waals surface area contributed by atoms with Crippen molar-refractivity contribution in [1.82, 2.24) is 10.3 Å². The highest BCUT2D eigenvalue weighted by Gasteiger charge is 2.13. The SMILES string of the molecule is c1ccc2c(NC3CCCNC3)ccnc2c1. The van der Waals surface area contributed by atoms with Crippen LogP contribution in [-0.2, 0) is 0 Å². The van der Waals surface area contributed by atoms with Crippen molar-refractivity contribution in [2.45, 2.75) is 18.9 Å². The fourth-order valence-corrected chi connectivity index (χ4v) is 2.42. The predicted molar refractivity (Wildman–Crippen MR) is 71.3 cm³/mol. The van der Waals surface area contributed by atoms with Crippen molar-refractivity contribution in [3.8, 4) is 0 Å². The Hall–Kier alpha value is -1.61. The first-order valence-electron chi connectivity index (χ1n) is 6.24. The number of nitrogens with zero attached hydrogens (tertiary/aromatic N) is 1. The quantitative estimate of drug-likeness (QED) is 0.827. The molecule has 2 aromatic rings. The Morgan fingerprint density at radius 1 is 1.24 bits per heavy atom. The fraction of sp³-hybridized carbons (Fsp3) is 0.357. The molecule has 1 fully saturated rings. The Kier molecular flexibility index (Phi) is 2.92. The van der Waals surface area contributed by atoms with Crippen molar-refractivity contribution in [1.29, 1.82) is 0 Å². The van der Waals surface area contributed by atoms with Gasteiger partial charge in [-0.1, -0.05) is 18.2 Å². The summed E-state index contributed by atoms with van der Waals surface area (Å²) in [6.07, 6.45) is 4.37. The van der Waals surface area contributed by atoms with Gasteiger partial charge in [-0.3, -0.25) is 4.98 Å². The zero-order valence-electron chi connectivity index (χ0n) is 9.82. The molecule has 2 heterocycles. The molecule has 1 atom stereocenters. The number of piperidine rings is 1. The van der Waals surface area contributed by atoms with Crippen molar-refractivity contribution in [2.75, 3.05) is 18.4 Å². The molecule has 3 rings (SSSR count). The third kappa shape index (κ3) is 2.24. The zero-order chi connectivity index (χ0) is 11.5. The molecule has 17 heavy (non-hydrogen) atoms. The molecule has 0 bridgehead atoms. The summed E-state index contributed by atoms with van der Waals surface area (Å²) in [5.41, 5.74) is 2.26. The van der Waals surface area contributed by atoms with Crippen molar-refractivity contribution in [3.63, 3.8) is 0 Å². The van der Waals surface area contributed by atoms with Gasteiger partial charge in [0.1, 0.15) is 0 Å². The van der Waals surface area contributed by atoms with Crippen molar-refractivity contribution >= 4 is 16.6 Å². The van der Waals surface area contributed by atoms with Gasteiger partial charge in [-0.15, -0.1) is 0 Å². The first-order valence-corrected chi connectivity index (χ1v) is 6.24. The van der Waals surface area contributed by atoms with Gasteiger partial charge in [0.15, 0.2) is 0 Å². The van der Waals surface area contributed by atoms with Gasteiger partial charge in [-0.05, 0) is 31.5 Å². The minimum Gasteiger partial charge on any atom is -0.380 e. The van der Waals surface area contributed by atoms with Crippen LogP contribution in [0.2, 0.25) is 0 Å². The van der Waals surface area contributed by atoms with Crippen molar-refractivity contribution in [2.24, 2.45) is 0 Å². The molecule has 1 aromatic carbocycles. The maximum atomic E-state index is 4.38. The zero-order valence-corrected chi connectivity index (χ0v) is 9.82. The number of rotatable bonds is 2. The van der Waals surface area contributed by atoms with Gasteiger partial charge in [0, 0.05) is 29.9 Å². The van der Waals surface area contributed by atoms with Crippen molar-refractivity contribution < 1.29 is 0 Å². The number of pyridine rings is 1. The summed E-state index contributed by atoms with van der Waals surface area (Å²) in [6, 6.07) is 10.9. The molecule has 1 saturated heterocycles. The second-order valence-electron chi connectivity index (χ2n) is 4.56. The highest BCUT2D eigenvalue weighted by Crippen LogP contribution is 2.22. The Morgan fingerprint density at radius 2 is 2.18 bits per heavy atom. The summed E-state index contributed by atoms with van der Waals surface area (Å²) in [7, 11) is 0. The largest absolute Gasteiger partial charge is 0.380 e. The van der Waals surface area contributed by atoms with Crippen LogP contribution in [0.4, 0.5) is 5.69 Å². The summed E-state index contributed by atoms with van der Waals surface area (Å²) in [5.74, 6) is 0. The number of hydrogen-bond donors (Lipinski definition) is 2. The summed E-state index contributed by atoms with van der Waals surface area (Å²) < 4.78 is 0. The van der Waals surface area contributed by atoms with Crippen LogP contribution in [-0.4, -0.2) is 24.1 Å². The number of hydrogen-bond acceptors (Lipinski definition) is 3. The molecule has 0 radical (unpaired) electrons. The first-order chi connectivity index (χ1) is 8.43. The van der Waals surface area contributed by atoms with E-state index in [2.05, 4.69) is 39.9 Å². The van der Waals surface area contributed by atoms with Crippen LogP contribution >= 0.6 is 0 Å².